The Morgan fingerprint density at radius 3 is 2.39 bits per heavy atom. The van der Waals surface area contributed by atoms with E-state index in [2.05, 4.69) is 16.3 Å². The fourth-order valence-electron chi connectivity index (χ4n) is 5.24. The summed E-state index contributed by atoms with van der Waals surface area (Å²) < 4.78 is 0. The van der Waals surface area contributed by atoms with Gasteiger partial charge in [0.25, 0.3) is 0 Å². The Balaban J connectivity index is 1.60. The van der Waals surface area contributed by atoms with Crippen LogP contribution in [0, 0.1) is 23.7 Å². The molecule has 4 fully saturated rings. The Hall–Kier alpha value is -0.830. The average molecular weight is 245 g/mol. The number of hydrogen-bond donors (Lipinski definition) is 2. The lowest BCUT2D eigenvalue weighted by Crippen LogP contribution is -2.43. The third-order valence-electron chi connectivity index (χ3n) is 5.63. The van der Waals surface area contributed by atoms with Gasteiger partial charge in [-0.05, 0) is 68.4 Å². The zero-order valence-corrected chi connectivity index (χ0v) is 10.9. The molecule has 3 N–H and O–H groups in total. The summed E-state index contributed by atoms with van der Waals surface area (Å²) in [4.78, 5) is 0. The van der Waals surface area contributed by atoms with Gasteiger partial charge in [-0.1, -0.05) is 0 Å². The van der Waals surface area contributed by atoms with E-state index < -0.39 is 0 Å². The van der Waals surface area contributed by atoms with Crippen LogP contribution < -0.4 is 5.73 Å². The minimum Gasteiger partial charge on any atom is -0.330 e. The van der Waals surface area contributed by atoms with Gasteiger partial charge in [-0.25, -0.2) is 0 Å². The van der Waals surface area contributed by atoms with Crippen molar-refractivity contribution >= 4 is 0 Å². The maximum absolute atomic E-state index is 5.62. The first-order valence-electron chi connectivity index (χ1n) is 7.57. The summed E-state index contributed by atoms with van der Waals surface area (Å²) in [6.07, 6.45) is 8.33. The van der Waals surface area contributed by atoms with Crippen LogP contribution in [0.1, 0.15) is 49.4 Å². The quantitative estimate of drug-likeness (QED) is 0.859. The van der Waals surface area contributed by atoms with Gasteiger partial charge in [0.05, 0.1) is 5.69 Å². The van der Waals surface area contributed by atoms with E-state index in [1.54, 1.807) is 0 Å². The van der Waals surface area contributed by atoms with E-state index in [9.17, 15) is 0 Å². The van der Waals surface area contributed by atoms with Crippen molar-refractivity contribution in [2.45, 2.75) is 44.4 Å². The number of nitrogens with one attached hydrogen (secondary N) is 1. The molecule has 3 heteroatoms. The Labute approximate surface area is 109 Å². The topological polar surface area (TPSA) is 54.7 Å². The second-order valence-corrected chi connectivity index (χ2v) is 6.81. The van der Waals surface area contributed by atoms with Gasteiger partial charge >= 0.3 is 0 Å². The molecule has 0 amide bonds. The predicted octanol–water partition coefficient (Wildman–Crippen LogP) is 2.45. The largest absolute Gasteiger partial charge is 0.330 e. The second kappa shape index (κ2) is 4.09. The maximum atomic E-state index is 5.62. The lowest BCUT2D eigenvalue weighted by molar-refractivity contribution is -0.00416. The van der Waals surface area contributed by atoms with Gasteiger partial charge < -0.3 is 5.73 Å². The molecule has 5 rings (SSSR count). The van der Waals surface area contributed by atoms with E-state index in [4.69, 9.17) is 5.73 Å². The molecule has 4 saturated carbocycles. The molecule has 1 aromatic rings. The molecule has 0 atom stereocenters. The highest BCUT2D eigenvalue weighted by Crippen LogP contribution is 2.59. The molecule has 98 valence electrons. The summed E-state index contributed by atoms with van der Waals surface area (Å²) in [6, 6.07) is 2.29. The minimum absolute atomic E-state index is 0.712. The minimum atomic E-state index is 0.712. The molecule has 0 unspecified atom stereocenters. The zero-order valence-electron chi connectivity index (χ0n) is 10.9. The van der Waals surface area contributed by atoms with Crippen LogP contribution in [0.5, 0.6) is 0 Å². The Bertz CT molecular complexity index is 409. The summed E-state index contributed by atoms with van der Waals surface area (Å²) in [6.45, 7) is 0.712. The fraction of sp³-hybridized carbons (Fsp3) is 0.800. The van der Waals surface area contributed by atoms with E-state index >= 15 is 0 Å². The van der Waals surface area contributed by atoms with E-state index in [0.717, 1.165) is 36.0 Å². The number of rotatable bonds is 3. The Kier molecular flexibility index (Phi) is 2.51. The molecule has 0 saturated heterocycles. The van der Waals surface area contributed by atoms with Crippen molar-refractivity contribution in [2.24, 2.45) is 29.4 Å². The first kappa shape index (κ1) is 11.0. The number of aromatic nitrogens is 2. The third kappa shape index (κ3) is 1.63. The van der Waals surface area contributed by atoms with E-state index in [0.29, 0.717) is 6.54 Å². The number of hydrogen-bond acceptors (Lipinski definition) is 2. The Morgan fingerprint density at radius 2 is 1.78 bits per heavy atom. The normalized spacial score (nSPS) is 41.5. The van der Waals surface area contributed by atoms with Crippen LogP contribution in [0.25, 0.3) is 0 Å². The lowest BCUT2D eigenvalue weighted by atomic mass is 9.51. The fourth-order valence-corrected chi connectivity index (χ4v) is 5.24. The van der Waals surface area contributed by atoms with Crippen LogP contribution in [-0.2, 0) is 6.42 Å². The molecule has 1 heterocycles. The molecule has 4 aliphatic carbocycles. The van der Waals surface area contributed by atoms with Gasteiger partial charge in [0.15, 0.2) is 0 Å². The third-order valence-corrected chi connectivity index (χ3v) is 5.63. The maximum Gasteiger partial charge on any atom is 0.0661 e. The van der Waals surface area contributed by atoms with Crippen LogP contribution in [0.2, 0.25) is 0 Å². The van der Waals surface area contributed by atoms with Crippen molar-refractivity contribution in [1.82, 2.24) is 10.2 Å². The van der Waals surface area contributed by atoms with Crippen LogP contribution in [-0.4, -0.2) is 16.7 Å². The summed E-state index contributed by atoms with van der Waals surface area (Å²) in [5, 5.41) is 7.79. The summed E-state index contributed by atoms with van der Waals surface area (Å²) in [7, 11) is 0. The highest BCUT2D eigenvalue weighted by molar-refractivity contribution is 5.19. The van der Waals surface area contributed by atoms with Gasteiger partial charge in [-0.15, -0.1) is 0 Å². The van der Waals surface area contributed by atoms with Gasteiger partial charge in [-0.3, -0.25) is 5.10 Å². The van der Waals surface area contributed by atoms with Crippen LogP contribution in [0.3, 0.4) is 0 Å². The number of aromatic amines is 1. The standard InChI is InChI=1S/C15H23N3/c16-2-1-13-8-14(18-17-13)15-11-4-9-3-10(6-11)7-12(15)5-9/h8-12,15H,1-7,16H2,(H,17,18). The highest BCUT2D eigenvalue weighted by Gasteiger charge is 2.49. The molecule has 1 aromatic heterocycles. The van der Waals surface area contributed by atoms with E-state index in [1.165, 1.54) is 43.5 Å². The van der Waals surface area contributed by atoms with Gasteiger partial charge in [0.1, 0.15) is 0 Å². The molecule has 4 aliphatic rings. The average Bonchev–Trinajstić information content (AvgIpc) is 2.76. The monoisotopic (exact) mass is 245 g/mol. The second-order valence-electron chi connectivity index (χ2n) is 6.81. The summed E-state index contributed by atoms with van der Waals surface area (Å²) >= 11 is 0. The SMILES string of the molecule is NCCc1cc(C2C3CC4CC(C3)CC2C4)n[nH]1. The number of H-pyrrole nitrogens is 1. The molecule has 4 bridgehead atoms. The lowest BCUT2D eigenvalue weighted by Gasteiger charge is -2.54. The van der Waals surface area contributed by atoms with Crippen molar-refractivity contribution in [3.05, 3.63) is 17.5 Å². The van der Waals surface area contributed by atoms with E-state index in [1.807, 2.05) is 0 Å². The highest BCUT2D eigenvalue weighted by atomic mass is 15.1. The first-order chi connectivity index (χ1) is 8.83. The van der Waals surface area contributed by atoms with Gasteiger partial charge in [0.2, 0.25) is 0 Å². The predicted molar refractivity (Wildman–Crippen MR) is 71.1 cm³/mol. The molecule has 3 nitrogen and oxygen atoms in total. The summed E-state index contributed by atoms with van der Waals surface area (Å²) in [5.74, 6) is 4.70. The van der Waals surface area contributed by atoms with Crippen molar-refractivity contribution in [3.8, 4) is 0 Å². The smallest absolute Gasteiger partial charge is 0.0661 e. The van der Waals surface area contributed by atoms with E-state index in [-0.39, 0.29) is 0 Å². The van der Waals surface area contributed by atoms with Crippen LogP contribution in [0.4, 0.5) is 0 Å². The molecule has 0 radical (unpaired) electrons. The van der Waals surface area contributed by atoms with Gasteiger partial charge in [0, 0.05) is 18.0 Å². The van der Waals surface area contributed by atoms with Crippen LogP contribution >= 0.6 is 0 Å². The zero-order chi connectivity index (χ0) is 12.1. The van der Waals surface area contributed by atoms with Crippen molar-refractivity contribution in [1.29, 1.82) is 0 Å². The molecule has 0 aromatic carbocycles. The molecular formula is C15H23N3. The molecule has 0 aliphatic heterocycles. The van der Waals surface area contributed by atoms with Crippen molar-refractivity contribution in [3.63, 3.8) is 0 Å². The molecule has 18 heavy (non-hydrogen) atoms. The molecule has 0 spiro atoms. The Morgan fingerprint density at radius 1 is 1.11 bits per heavy atom. The van der Waals surface area contributed by atoms with Crippen molar-refractivity contribution < 1.29 is 0 Å². The number of nitrogens with zero attached hydrogens (tertiary/aromatic N) is 1. The van der Waals surface area contributed by atoms with Crippen LogP contribution in [0.15, 0.2) is 6.07 Å². The molecular weight excluding hydrogens is 222 g/mol. The summed E-state index contributed by atoms with van der Waals surface area (Å²) in [5.41, 5.74) is 8.18. The van der Waals surface area contributed by atoms with Gasteiger partial charge in [-0.2, -0.15) is 5.10 Å². The number of nitrogens with two attached hydrogens (primary N) is 1. The first-order valence-corrected chi connectivity index (χ1v) is 7.57. The van der Waals surface area contributed by atoms with Crippen molar-refractivity contribution in [2.75, 3.05) is 6.54 Å².